The van der Waals surface area contributed by atoms with E-state index in [1.165, 1.54) is 13.1 Å². The molecule has 0 heterocycles. The molecular weight excluding hydrogens is 236 g/mol. The predicted octanol–water partition coefficient (Wildman–Crippen LogP) is -0.533. The molecule has 0 bridgehead atoms. The largest absolute Gasteiger partial charge is 0.355 e. The maximum atomic E-state index is 11.6. The van der Waals surface area contributed by atoms with E-state index in [9.17, 15) is 19.2 Å². The molecule has 0 aromatic rings. The van der Waals surface area contributed by atoms with Gasteiger partial charge in [0.05, 0.1) is 0 Å². The summed E-state index contributed by atoms with van der Waals surface area (Å²) in [6, 6.07) is 0. The van der Waals surface area contributed by atoms with E-state index in [-0.39, 0.29) is 17.9 Å². The molecule has 6 nitrogen and oxygen atoms in total. The molecule has 0 aromatic carbocycles. The van der Waals surface area contributed by atoms with E-state index in [1.54, 1.807) is 6.92 Å². The summed E-state index contributed by atoms with van der Waals surface area (Å²) in [6.07, 6.45) is 2.56. The first kappa shape index (κ1) is 13.8. The van der Waals surface area contributed by atoms with Gasteiger partial charge in [0.25, 0.3) is 11.8 Å². The Labute approximate surface area is 104 Å². The van der Waals surface area contributed by atoms with Crippen LogP contribution in [-0.4, -0.2) is 31.6 Å². The highest BCUT2D eigenvalue weighted by atomic mass is 16.2. The zero-order valence-electron chi connectivity index (χ0n) is 10.1. The van der Waals surface area contributed by atoms with Gasteiger partial charge in [-0.25, -0.2) is 0 Å². The van der Waals surface area contributed by atoms with Gasteiger partial charge >= 0.3 is 0 Å². The molecule has 1 aliphatic rings. The van der Waals surface area contributed by atoms with Gasteiger partial charge in [0.15, 0.2) is 0 Å². The first-order chi connectivity index (χ1) is 8.54. The number of carbonyl (C=O) groups excluding carboxylic acids is 4. The summed E-state index contributed by atoms with van der Waals surface area (Å²) in [4.78, 5) is 44.4. The summed E-state index contributed by atoms with van der Waals surface area (Å²) in [7, 11) is 1.44. The third kappa shape index (κ3) is 2.71. The second-order valence-corrected chi connectivity index (χ2v) is 3.93. The van der Waals surface area contributed by atoms with Gasteiger partial charge in [0.2, 0.25) is 6.41 Å². The van der Waals surface area contributed by atoms with Gasteiger partial charge < -0.3 is 5.32 Å². The first-order valence-electron chi connectivity index (χ1n) is 5.41. The van der Waals surface area contributed by atoms with Crippen molar-refractivity contribution in [3.8, 4) is 0 Å². The Morgan fingerprint density at radius 1 is 1.33 bits per heavy atom. The number of aldehydes is 1. The monoisotopic (exact) mass is 250 g/mol. The molecule has 0 radical (unpaired) electrons. The van der Waals surface area contributed by atoms with Gasteiger partial charge in [0, 0.05) is 23.8 Å². The molecule has 3 amide bonds. The summed E-state index contributed by atoms with van der Waals surface area (Å²) in [5.41, 5.74) is 0.831. The fraction of sp³-hybridized carbons (Fsp3) is 0.333. The average molecular weight is 250 g/mol. The fourth-order valence-corrected chi connectivity index (χ4v) is 1.82. The van der Waals surface area contributed by atoms with E-state index >= 15 is 0 Å². The maximum Gasteiger partial charge on any atom is 0.253 e. The molecular formula is C12H14N2O4. The van der Waals surface area contributed by atoms with Crippen LogP contribution in [-0.2, 0) is 19.2 Å². The predicted molar refractivity (Wildman–Crippen MR) is 63.2 cm³/mol. The van der Waals surface area contributed by atoms with Gasteiger partial charge in [-0.3, -0.25) is 24.5 Å². The van der Waals surface area contributed by atoms with Crippen molar-refractivity contribution in [1.82, 2.24) is 10.6 Å². The van der Waals surface area contributed by atoms with Gasteiger partial charge in [-0.2, -0.15) is 0 Å². The lowest BCUT2D eigenvalue weighted by Crippen LogP contribution is -2.30. The second-order valence-electron chi connectivity index (χ2n) is 3.93. The molecule has 1 rings (SSSR count). The Kier molecular flexibility index (Phi) is 4.53. The van der Waals surface area contributed by atoms with E-state index in [0.29, 0.717) is 23.9 Å². The molecule has 2 N–H and O–H groups in total. The number of amides is 3. The number of imide groups is 1. The number of likely N-dealkylation sites (N-methyl/N-ethyl adjacent to an activating group) is 1. The quantitative estimate of drug-likeness (QED) is 0.656. The molecule has 1 aliphatic carbocycles. The Bertz CT molecular complexity index is 463. The third-order valence-electron chi connectivity index (χ3n) is 2.77. The molecule has 0 fully saturated rings. The van der Waals surface area contributed by atoms with E-state index in [1.807, 2.05) is 5.32 Å². The Balaban J connectivity index is 3.19. The van der Waals surface area contributed by atoms with Crippen LogP contribution < -0.4 is 10.6 Å². The summed E-state index contributed by atoms with van der Waals surface area (Å²) in [6.45, 7) is 1.75. The van der Waals surface area contributed by atoms with Crippen molar-refractivity contribution in [2.75, 3.05) is 7.05 Å². The normalized spacial score (nSPS) is 18.8. The maximum absolute atomic E-state index is 11.6. The highest BCUT2D eigenvalue weighted by Gasteiger charge is 2.26. The van der Waals surface area contributed by atoms with Crippen LogP contribution >= 0.6 is 0 Å². The van der Waals surface area contributed by atoms with Crippen molar-refractivity contribution in [1.29, 1.82) is 0 Å². The summed E-state index contributed by atoms with van der Waals surface area (Å²) in [5, 5.41) is 4.43. The minimum Gasteiger partial charge on any atom is -0.355 e. The number of allylic oxidation sites excluding steroid dienone is 1. The zero-order chi connectivity index (χ0) is 13.7. The van der Waals surface area contributed by atoms with Crippen LogP contribution in [0.15, 0.2) is 22.8 Å². The van der Waals surface area contributed by atoms with Crippen LogP contribution in [0.3, 0.4) is 0 Å². The molecule has 0 aromatic heterocycles. The van der Waals surface area contributed by atoms with E-state index in [2.05, 4.69) is 5.32 Å². The van der Waals surface area contributed by atoms with E-state index < -0.39 is 11.8 Å². The number of hydrogen-bond donors (Lipinski definition) is 2. The smallest absolute Gasteiger partial charge is 0.253 e. The highest BCUT2D eigenvalue weighted by molar-refractivity contribution is 6.06. The number of hydrogen-bond acceptors (Lipinski definition) is 4. The van der Waals surface area contributed by atoms with E-state index in [0.717, 1.165) is 0 Å². The van der Waals surface area contributed by atoms with Crippen LogP contribution in [0, 0.1) is 5.92 Å². The van der Waals surface area contributed by atoms with E-state index in [4.69, 9.17) is 0 Å². The molecule has 0 saturated heterocycles. The fourth-order valence-electron chi connectivity index (χ4n) is 1.82. The third-order valence-corrected chi connectivity index (χ3v) is 2.77. The summed E-state index contributed by atoms with van der Waals surface area (Å²) >= 11 is 0. The van der Waals surface area contributed by atoms with Crippen LogP contribution in [0.2, 0.25) is 0 Å². The molecule has 18 heavy (non-hydrogen) atoms. The van der Waals surface area contributed by atoms with Crippen molar-refractivity contribution in [2.45, 2.75) is 13.3 Å². The number of rotatable bonds is 4. The molecule has 0 spiro atoms. The summed E-state index contributed by atoms with van der Waals surface area (Å²) < 4.78 is 0. The lowest BCUT2D eigenvalue weighted by atomic mass is 9.84. The average Bonchev–Trinajstić information content (AvgIpc) is 2.37. The Morgan fingerprint density at radius 2 is 2.00 bits per heavy atom. The van der Waals surface area contributed by atoms with Crippen molar-refractivity contribution < 1.29 is 19.2 Å². The van der Waals surface area contributed by atoms with Crippen LogP contribution in [0.1, 0.15) is 13.3 Å². The standard InChI is InChI=1S/C12H14N2O4/c1-7-3-8(5-15)10(11(17)13-2)4-9(7)12(18)14-6-16/h4-7H,3H2,1-2H3,(H,13,17)(H,14,16,18). The SMILES string of the molecule is CNC(=O)C1=C(C=O)CC(C)C(C(=O)NC=O)=C1. The topological polar surface area (TPSA) is 92.3 Å². The molecule has 96 valence electrons. The lowest BCUT2D eigenvalue weighted by Gasteiger charge is -2.21. The van der Waals surface area contributed by atoms with Crippen LogP contribution in [0.25, 0.3) is 0 Å². The summed E-state index contributed by atoms with van der Waals surface area (Å²) in [5.74, 6) is -1.21. The molecule has 1 atom stereocenters. The van der Waals surface area contributed by atoms with Gasteiger partial charge in [-0.05, 0) is 18.4 Å². The van der Waals surface area contributed by atoms with Crippen LogP contribution in [0.4, 0.5) is 0 Å². The van der Waals surface area contributed by atoms with Crippen molar-refractivity contribution >= 4 is 24.5 Å². The molecule has 0 saturated carbocycles. The first-order valence-corrected chi connectivity index (χ1v) is 5.41. The Hall–Kier alpha value is -2.24. The molecule has 6 heteroatoms. The lowest BCUT2D eigenvalue weighted by molar-refractivity contribution is -0.123. The molecule has 0 aliphatic heterocycles. The molecule has 1 unspecified atom stereocenters. The Morgan fingerprint density at radius 3 is 2.50 bits per heavy atom. The van der Waals surface area contributed by atoms with Crippen molar-refractivity contribution in [3.05, 3.63) is 22.8 Å². The minimum absolute atomic E-state index is 0.168. The van der Waals surface area contributed by atoms with Gasteiger partial charge in [-0.1, -0.05) is 6.92 Å². The van der Waals surface area contributed by atoms with Gasteiger partial charge in [0.1, 0.15) is 6.29 Å². The highest BCUT2D eigenvalue weighted by Crippen LogP contribution is 2.28. The van der Waals surface area contributed by atoms with Crippen molar-refractivity contribution in [3.63, 3.8) is 0 Å². The number of nitrogens with one attached hydrogen (secondary N) is 2. The van der Waals surface area contributed by atoms with Crippen LogP contribution in [0.5, 0.6) is 0 Å². The zero-order valence-corrected chi connectivity index (χ0v) is 10.1. The van der Waals surface area contributed by atoms with Gasteiger partial charge in [-0.15, -0.1) is 0 Å². The van der Waals surface area contributed by atoms with Crippen molar-refractivity contribution in [2.24, 2.45) is 5.92 Å². The number of carbonyl (C=O) groups is 4. The minimum atomic E-state index is -0.552. The second kappa shape index (κ2) is 5.90.